The van der Waals surface area contributed by atoms with Crippen LogP contribution in [0.4, 0.5) is 0 Å². The number of unbranched alkanes of at least 4 members (excludes halogenated alkanes) is 60. The van der Waals surface area contributed by atoms with Gasteiger partial charge in [0.15, 0.2) is 12.4 Å². The van der Waals surface area contributed by atoms with Gasteiger partial charge in [-0.3, -0.25) is 9.59 Å². The Morgan fingerprint density at radius 3 is 0.818 bits per heavy atom. The third kappa shape index (κ3) is 82.4. The van der Waals surface area contributed by atoms with E-state index in [4.69, 9.17) is 18.9 Å². The van der Waals surface area contributed by atoms with Crippen LogP contribution in [-0.4, -0.2) is 82.3 Å². The number of hydrogen-bond donors (Lipinski definition) is 0. The molecule has 0 aromatic carbocycles. The number of carbonyl (C=O) groups is 3. The van der Waals surface area contributed by atoms with Crippen LogP contribution in [0.3, 0.4) is 0 Å². The third-order valence-corrected chi connectivity index (χ3v) is 20.0. The summed E-state index contributed by atoms with van der Waals surface area (Å²) in [7, 11) is 5.96. The molecule has 9 heteroatoms. The van der Waals surface area contributed by atoms with E-state index in [1.807, 2.05) is 21.1 Å². The number of nitrogens with zero attached hydrogens (tertiary/aromatic N) is 1. The summed E-state index contributed by atoms with van der Waals surface area (Å²) in [5.41, 5.74) is 0. The van der Waals surface area contributed by atoms with Gasteiger partial charge in [-0.1, -0.05) is 409 Å². The van der Waals surface area contributed by atoms with Crippen LogP contribution in [0.5, 0.6) is 0 Å². The second-order valence-corrected chi connectivity index (χ2v) is 31.2. The normalized spacial score (nSPS) is 12.8. The Hall–Kier alpha value is -2.75. The molecule has 0 aliphatic rings. The number of ether oxygens (including phenoxy) is 4. The van der Waals surface area contributed by atoms with E-state index in [2.05, 4.69) is 62.5 Å². The number of carboxylic acid groups (broad SMARTS) is 1. The van der Waals surface area contributed by atoms with E-state index in [0.717, 1.165) is 51.4 Å². The molecule has 0 aromatic rings. The number of quaternary nitrogens is 1. The Balaban J connectivity index is 3.91. The molecule has 0 radical (unpaired) electrons. The maximum atomic E-state index is 13.0. The maximum absolute atomic E-state index is 13.0. The number of esters is 2. The first-order valence-electron chi connectivity index (χ1n) is 43.8. The third-order valence-electron chi connectivity index (χ3n) is 20.0. The molecule has 9 nitrogen and oxygen atoms in total. The molecule has 0 rings (SSSR count). The van der Waals surface area contributed by atoms with Crippen LogP contribution < -0.4 is 5.11 Å². The first-order chi connectivity index (χ1) is 48.6. The largest absolute Gasteiger partial charge is 0.545 e. The molecule has 2 atom stereocenters. The number of allylic oxidation sites excluding steroid dienone is 8. The average Bonchev–Trinajstić information content (AvgIpc) is 2.62. The van der Waals surface area contributed by atoms with Crippen molar-refractivity contribution in [1.82, 2.24) is 0 Å². The van der Waals surface area contributed by atoms with Gasteiger partial charge in [-0.15, -0.1) is 0 Å². The molecular weight excluding hydrogens is 1220 g/mol. The maximum Gasteiger partial charge on any atom is 0.306 e. The average molecular weight is 1390 g/mol. The molecule has 99 heavy (non-hydrogen) atoms. The summed E-state index contributed by atoms with van der Waals surface area (Å²) in [5.74, 6) is -2.25. The minimum Gasteiger partial charge on any atom is -0.545 e. The predicted molar refractivity (Wildman–Crippen MR) is 426 cm³/mol. The fourth-order valence-electron chi connectivity index (χ4n) is 13.4. The molecule has 2 unspecified atom stereocenters. The van der Waals surface area contributed by atoms with Gasteiger partial charge in [0.2, 0.25) is 0 Å². The van der Waals surface area contributed by atoms with Gasteiger partial charge in [0, 0.05) is 12.8 Å². The van der Waals surface area contributed by atoms with Crippen LogP contribution in [0.25, 0.3) is 0 Å². The number of carboxylic acids is 1. The van der Waals surface area contributed by atoms with Crippen molar-refractivity contribution in [3.8, 4) is 0 Å². The van der Waals surface area contributed by atoms with Gasteiger partial charge in [-0.25, -0.2) is 0 Å². The molecule has 582 valence electrons. The molecular formula is C90H169NO8. The highest BCUT2D eigenvalue weighted by molar-refractivity contribution is 5.70. The first-order valence-corrected chi connectivity index (χ1v) is 43.8. The highest BCUT2D eigenvalue weighted by Crippen LogP contribution is 2.20. The van der Waals surface area contributed by atoms with Crippen molar-refractivity contribution >= 4 is 17.9 Å². The summed E-state index contributed by atoms with van der Waals surface area (Å²) < 4.78 is 22.9. The summed E-state index contributed by atoms with van der Waals surface area (Å²) in [6.45, 7) is 4.82. The molecule has 0 aliphatic carbocycles. The van der Waals surface area contributed by atoms with Gasteiger partial charge in [-0.05, 0) is 77.0 Å². The fraction of sp³-hybridized carbons (Fsp3) is 0.878. The molecule has 0 N–H and O–H groups in total. The van der Waals surface area contributed by atoms with E-state index in [1.54, 1.807) is 0 Å². The second-order valence-electron chi connectivity index (χ2n) is 31.2. The predicted octanol–water partition coefficient (Wildman–Crippen LogP) is 27.0. The summed E-state index contributed by atoms with van der Waals surface area (Å²) in [5, 5.41) is 11.9. The van der Waals surface area contributed by atoms with Crippen molar-refractivity contribution in [2.45, 2.75) is 463 Å². The van der Waals surface area contributed by atoms with Gasteiger partial charge in [0.05, 0.1) is 40.3 Å². The van der Waals surface area contributed by atoms with E-state index in [0.29, 0.717) is 17.4 Å². The van der Waals surface area contributed by atoms with Crippen LogP contribution in [0.15, 0.2) is 48.6 Å². The monoisotopic (exact) mass is 1390 g/mol. The molecule has 0 aliphatic heterocycles. The fourth-order valence-corrected chi connectivity index (χ4v) is 13.4. The first kappa shape index (κ1) is 96.2. The quantitative estimate of drug-likeness (QED) is 0.0195. The van der Waals surface area contributed by atoms with Gasteiger partial charge in [-0.2, -0.15) is 0 Å². The Bertz CT molecular complexity index is 1770. The van der Waals surface area contributed by atoms with Gasteiger partial charge in [0.1, 0.15) is 13.2 Å². The smallest absolute Gasteiger partial charge is 0.306 e. The van der Waals surface area contributed by atoms with Crippen molar-refractivity contribution in [2.75, 3.05) is 47.5 Å². The van der Waals surface area contributed by atoms with Gasteiger partial charge < -0.3 is 33.3 Å². The van der Waals surface area contributed by atoms with Gasteiger partial charge >= 0.3 is 11.9 Å². The van der Waals surface area contributed by atoms with Crippen LogP contribution in [0, 0.1) is 0 Å². The number of rotatable bonds is 83. The lowest BCUT2D eigenvalue weighted by Crippen LogP contribution is -2.44. The summed E-state index contributed by atoms with van der Waals surface area (Å²) >= 11 is 0. The Kier molecular flexibility index (Phi) is 78.7. The van der Waals surface area contributed by atoms with E-state index >= 15 is 0 Å². The van der Waals surface area contributed by atoms with E-state index in [9.17, 15) is 19.5 Å². The number of likely N-dealkylation sites (N-methyl/N-ethyl adjacent to an activating group) is 1. The van der Waals surface area contributed by atoms with Crippen molar-refractivity contribution in [1.29, 1.82) is 0 Å². The van der Waals surface area contributed by atoms with Crippen molar-refractivity contribution in [2.24, 2.45) is 0 Å². The Labute approximate surface area is 616 Å². The lowest BCUT2D eigenvalue weighted by atomic mass is 10.0. The van der Waals surface area contributed by atoms with Gasteiger partial charge in [0.25, 0.3) is 0 Å². The molecule has 0 fully saturated rings. The van der Waals surface area contributed by atoms with Crippen LogP contribution >= 0.6 is 0 Å². The lowest BCUT2D eigenvalue weighted by molar-refractivity contribution is -0.870. The number of carbonyl (C=O) groups excluding carboxylic acids is 3. The van der Waals surface area contributed by atoms with E-state index in [-0.39, 0.29) is 32.2 Å². The molecule has 0 saturated carbocycles. The molecule has 0 bridgehead atoms. The molecule has 0 aromatic heterocycles. The minimum absolute atomic E-state index is 0.151. The summed E-state index contributed by atoms with van der Waals surface area (Å²) in [4.78, 5) is 37.7. The van der Waals surface area contributed by atoms with E-state index in [1.165, 1.54) is 372 Å². The summed E-state index contributed by atoms with van der Waals surface area (Å²) in [6.07, 6.45) is 104. The molecule has 0 saturated heterocycles. The highest BCUT2D eigenvalue weighted by atomic mass is 16.7. The second kappa shape index (κ2) is 80.9. The standard InChI is InChI=1S/C90H169NO8/c1-6-8-10-12-14-16-18-20-22-24-26-28-30-32-34-36-38-40-41-42-43-44-45-46-47-49-51-53-55-57-59-61-63-65-67-69-71-73-75-77-79-81-88(93)99-86(85-98-90(89(94)95)96-83-82-91(3,4)5)84-97-87(92)80-78-76-74-72-70-68-66-64-62-60-58-56-54-52-50-48-39-37-35-33-31-29-27-25-23-21-19-17-15-13-11-9-7-2/h18,20,24-27,30,32,86,90H,6-17,19,21-23,28-29,31,33-85H2,1-5H3/b20-18-,26-24-,27-25-,32-30-. The molecule has 0 heterocycles. The zero-order valence-corrected chi connectivity index (χ0v) is 66.9. The highest BCUT2D eigenvalue weighted by Gasteiger charge is 2.22. The zero-order valence-electron chi connectivity index (χ0n) is 66.9. The van der Waals surface area contributed by atoms with Crippen molar-refractivity contribution < 1.29 is 42.9 Å². The lowest BCUT2D eigenvalue weighted by Gasteiger charge is -2.26. The zero-order chi connectivity index (χ0) is 71.8. The minimum atomic E-state index is -1.62. The van der Waals surface area contributed by atoms with Crippen LogP contribution in [0.2, 0.25) is 0 Å². The number of aliphatic carboxylic acids is 1. The molecule has 0 amide bonds. The van der Waals surface area contributed by atoms with Crippen LogP contribution in [0.1, 0.15) is 450 Å². The number of hydrogen-bond acceptors (Lipinski definition) is 8. The summed E-state index contributed by atoms with van der Waals surface area (Å²) in [6, 6.07) is 0. The van der Waals surface area contributed by atoms with Crippen LogP contribution in [-0.2, 0) is 33.3 Å². The Morgan fingerprint density at radius 2 is 0.545 bits per heavy atom. The topological polar surface area (TPSA) is 111 Å². The molecule has 0 spiro atoms. The van der Waals surface area contributed by atoms with Crippen molar-refractivity contribution in [3.05, 3.63) is 48.6 Å². The SMILES string of the molecule is CCCCCCC/C=C\C/C=C\C/C=C\CCCCCCCCCCCCCCCCCCCCCCCCCCCCC(=O)OC(COC(=O)CCCCCCCCCCCCCCCCCCCCCCC/C=C\CCCCCCCCCC)COC(OCC[N+](C)(C)C)C(=O)[O-]. The van der Waals surface area contributed by atoms with Crippen molar-refractivity contribution in [3.63, 3.8) is 0 Å². The Morgan fingerprint density at radius 1 is 0.303 bits per heavy atom. The van der Waals surface area contributed by atoms with E-state index < -0.39 is 24.3 Å².